The van der Waals surface area contributed by atoms with Gasteiger partial charge in [0.15, 0.2) is 0 Å². The van der Waals surface area contributed by atoms with E-state index in [1.807, 2.05) is 0 Å². The molecule has 3 heteroatoms. The van der Waals surface area contributed by atoms with Crippen molar-refractivity contribution in [2.75, 3.05) is 26.4 Å². The predicted octanol–water partition coefficient (Wildman–Crippen LogP) is 0.995. The molecule has 0 spiro atoms. The van der Waals surface area contributed by atoms with Gasteiger partial charge in [-0.05, 0) is 18.8 Å². The van der Waals surface area contributed by atoms with Gasteiger partial charge in [-0.1, -0.05) is 6.92 Å². The summed E-state index contributed by atoms with van der Waals surface area (Å²) in [5.41, 5.74) is 0. The highest BCUT2D eigenvalue weighted by molar-refractivity contribution is 4.75. The van der Waals surface area contributed by atoms with Gasteiger partial charge in [0.1, 0.15) is 6.23 Å². The van der Waals surface area contributed by atoms with Crippen molar-refractivity contribution in [2.24, 2.45) is 11.8 Å². The minimum Gasteiger partial charge on any atom is -0.381 e. The summed E-state index contributed by atoms with van der Waals surface area (Å²) < 4.78 is 11.2. The molecule has 13 heavy (non-hydrogen) atoms. The zero-order valence-corrected chi connectivity index (χ0v) is 8.29. The van der Waals surface area contributed by atoms with E-state index in [-0.39, 0.29) is 6.23 Å². The lowest BCUT2D eigenvalue weighted by Gasteiger charge is -2.35. The van der Waals surface area contributed by atoms with Gasteiger partial charge in [0.2, 0.25) is 0 Å². The molecule has 2 aliphatic heterocycles. The highest BCUT2D eigenvalue weighted by Gasteiger charge is 2.27. The van der Waals surface area contributed by atoms with Crippen LogP contribution in [0.15, 0.2) is 0 Å². The van der Waals surface area contributed by atoms with Crippen LogP contribution in [0, 0.1) is 11.8 Å². The van der Waals surface area contributed by atoms with Crippen LogP contribution in [0.4, 0.5) is 0 Å². The molecule has 0 aliphatic carbocycles. The van der Waals surface area contributed by atoms with E-state index in [0.29, 0.717) is 11.8 Å². The van der Waals surface area contributed by atoms with Crippen LogP contribution >= 0.6 is 0 Å². The molecule has 0 aromatic rings. The van der Waals surface area contributed by atoms with Gasteiger partial charge in [-0.3, -0.25) is 5.32 Å². The molecule has 3 nitrogen and oxygen atoms in total. The molecule has 0 bridgehead atoms. The van der Waals surface area contributed by atoms with E-state index in [9.17, 15) is 0 Å². The van der Waals surface area contributed by atoms with Crippen molar-refractivity contribution < 1.29 is 9.47 Å². The highest BCUT2D eigenvalue weighted by Crippen LogP contribution is 2.20. The van der Waals surface area contributed by atoms with E-state index in [0.717, 1.165) is 26.4 Å². The van der Waals surface area contributed by atoms with E-state index in [4.69, 9.17) is 9.47 Å². The molecule has 2 heterocycles. The lowest BCUT2D eigenvalue weighted by molar-refractivity contribution is -0.0916. The van der Waals surface area contributed by atoms with Crippen molar-refractivity contribution >= 4 is 0 Å². The molecule has 0 aromatic heterocycles. The Bertz CT molecular complexity index is 149. The average molecular weight is 185 g/mol. The summed E-state index contributed by atoms with van der Waals surface area (Å²) in [6.07, 6.45) is 2.67. The van der Waals surface area contributed by atoms with Gasteiger partial charge >= 0.3 is 0 Å². The second-order valence-electron chi connectivity index (χ2n) is 4.24. The predicted molar refractivity (Wildman–Crippen MR) is 50.4 cm³/mol. The van der Waals surface area contributed by atoms with Crippen LogP contribution in [-0.2, 0) is 9.47 Å². The zero-order valence-electron chi connectivity index (χ0n) is 8.29. The summed E-state index contributed by atoms with van der Waals surface area (Å²) >= 11 is 0. The van der Waals surface area contributed by atoms with Crippen LogP contribution in [0.3, 0.4) is 0 Å². The molecule has 1 N–H and O–H groups in total. The van der Waals surface area contributed by atoms with Crippen LogP contribution in [-0.4, -0.2) is 32.6 Å². The number of ether oxygens (including phenoxy) is 2. The Balaban J connectivity index is 1.79. The fourth-order valence-electron chi connectivity index (χ4n) is 2.01. The van der Waals surface area contributed by atoms with Crippen molar-refractivity contribution in [1.29, 1.82) is 0 Å². The minimum absolute atomic E-state index is 0.247. The Kier molecular flexibility index (Phi) is 3.19. The summed E-state index contributed by atoms with van der Waals surface area (Å²) in [5, 5.41) is 3.44. The minimum atomic E-state index is 0.247. The van der Waals surface area contributed by atoms with Gasteiger partial charge in [-0.2, -0.15) is 0 Å². The molecule has 76 valence electrons. The van der Waals surface area contributed by atoms with Gasteiger partial charge in [0, 0.05) is 19.1 Å². The summed E-state index contributed by atoms with van der Waals surface area (Å²) in [6.45, 7) is 5.99. The van der Waals surface area contributed by atoms with Gasteiger partial charge in [0.25, 0.3) is 0 Å². The van der Waals surface area contributed by atoms with E-state index in [1.165, 1.54) is 12.8 Å². The summed E-state index contributed by atoms with van der Waals surface area (Å²) in [5.74, 6) is 1.22. The average Bonchev–Trinajstić information content (AvgIpc) is 2.20. The first-order chi connectivity index (χ1) is 6.36. The summed E-state index contributed by atoms with van der Waals surface area (Å²) in [4.78, 5) is 0. The maximum absolute atomic E-state index is 5.74. The molecule has 0 amide bonds. The van der Waals surface area contributed by atoms with Gasteiger partial charge in [-0.15, -0.1) is 0 Å². The van der Waals surface area contributed by atoms with Crippen molar-refractivity contribution in [3.05, 3.63) is 0 Å². The lowest BCUT2D eigenvalue weighted by atomic mass is 9.99. The van der Waals surface area contributed by atoms with Crippen molar-refractivity contribution in [1.82, 2.24) is 5.32 Å². The van der Waals surface area contributed by atoms with Crippen LogP contribution < -0.4 is 5.32 Å². The first-order valence-corrected chi connectivity index (χ1v) is 5.29. The molecule has 0 aromatic carbocycles. The molecule has 2 rings (SSSR count). The van der Waals surface area contributed by atoms with Crippen molar-refractivity contribution in [3.63, 3.8) is 0 Å². The van der Waals surface area contributed by atoms with E-state index in [2.05, 4.69) is 12.2 Å². The van der Waals surface area contributed by atoms with Crippen LogP contribution in [0.1, 0.15) is 19.8 Å². The zero-order chi connectivity index (χ0) is 9.10. The molecule has 0 saturated carbocycles. The first kappa shape index (κ1) is 9.44. The number of hydrogen-bond acceptors (Lipinski definition) is 3. The molecule has 3 atom stereocenters. The highest BCUT2D eigenvalue weighted by atomic mass is 16.5. The number of nitrogens with one attached hydrogen (secondary N) is 1. The monoisotopic (exact) mass is 185 g/mol. The Morgan fingerprint density at radius 2 is 2.23 bits per heavy atom. The van der Waals surface area contributed by atoms with E-state index >= 15 is 0 Å². The second-order valence-corrected chi connectivity index (χ2v) is 4.24. The molecule has 3 unspecified atom stereocenters. The van der Waals surface area contributed by atoms with Gasteiger partial charge in [-0.25, -0.2) is 0 Å². The molecule has 0 radical (unpaired) electrons. The maximum atomic E-state index is 5.74. The Morgan fingerprint density at radius 1 is 1.31 bits per heavy atom. The fourth-order valence-corrected chi connectivity index (χ4v) is 2.01. The summed E-state index contributed by atoms with van der Waals surface area (Å²) in [6, 6.07) is 0. The third-order valence-corrected chi connectivity index (χ3v) is 2.85. The normalized spacial score (nSPS) is 41.8. The Morgan fingerprint density at radius 3 is 2.85 bits per heavy atom. The van der Waals surface area contributed by atoms with Crippen LogP contribution in [0.2, 0.25) is 0 Å². The molecule has 2 aliphatic rings. The van der Waals surface area contributed by atoms with Crippen LogP contribution in [0.5, 0.6) is 0 Å². The smallest absolute Gasteiger partial charge is 0.113 e. The van der Waals surface area contributed by atoms with Gasteiger partial charge in [0.05, 0.1) is 13.2 Å². The first-order valence-electron chi connectivity index (χ1n) is 5.29. The number of rotatable bonds is 1. The standard InChI is InChI=1S/C10H19NO2/c1-8-5-11-10(13-6-8)9-3-2-4-12-7-9/h8-11H,2-7H2,1H3. The number of hydrogen-bond donors (Lipinski definition) is 1. The SMILES string of the molecule is CC1CNC(C2CCCOC2)OC1. The topological polar surface area (TPSA) is 30.5 Å². The Labute approximate surface area is 79.8 Å². The third kappa shape index (κ3) is 2.42. The fraction of sp³-hybridized carbons (Fsp3) is 1.00. The summed E-state index contributed by atoms with van der Waals surface area (Å²) in [7, 11) is 0. The molecular formula is C10H19NO2. The quantitative estimate of drug-likeness (QED) is 0.661. The molecule has 2 fully saturated rings. The van der Waals surface area contributed by atoms with Gasteiger partial charge < -0.3 is 9.47 Å². The van der Waals surface area contributed by atoms with E-state index in [1.54, 1.807) is 0 Å². The molecule has 2 saturated heterocycles. The Hall–Kier alpha value is -0.120. The second kappa shape index (κ2) is 4.40. The maximum Gasteiger partial charge on any atom is 0.113 e. The van der Waals surface area contributed by atoms with E-state index < -0.39 is 0 Å². The largest absolute Gasteiger partial charge is 0.381 e. The third-order valence-electron chi connectivity index (χ3n) is 2.85. The van der Waals surface area contributed by atoms with Crippen molar-refractivity contribution in [3.8, 4) is 0 Å². The van der Waals surface area contributed by atoms with Crippen molar-refractivity contribution in [2.45, 2.75) is 26.0 Å². The van der Waals surface area contributed by atoms with Crippen LogP contribution in [0.25, 0.3) is 0 Å². The lowest BCUT2D eigenvalue weighted by Crippen LogP contribution is -2.48. The molecular weight excluding hydrogens is 166 g/mol.